The van der Waals surface area contributed by atoms with Gasteiger partial charge in [0.25, 0.3) is 0 Å². The van der Waals surface area contributed by atoms with Gasteiger partial charge in [-0.05, 0) is 67.6 Å². The summed E-state index contributed by atoms with van der Waals surface area (Å²) in [5, 5.41) is 3.51. The maximum atomic E-state index is 5.32. The molecule has 2 aromatic carbocycles. The van der Waals surface area contributed by atoms with Crippen LogP contribution in [0, 0.1) is 6.92 Å². The molecule has 1 saturated heterocycles. The van der Waals surface area contributed by atoms with Gasteiger partial charge >= 0.3 is 0 Å². The number of nitrogens with one attached hydrogen (secondary N) is 1. The van der Waals surface area contributed by atoms with Crippen LogP contribution in [0.25, 0.3) is 0 Å². The quantitative estimate of drug-likeness (QED) is 0.510. The summed E-state index contributed by atoms with van der Waals surface area (Å²) in [6.45, 7) is 16.0. The summed E-state index contributed by atoms with van der Waals surface area (Å²) in [6, 6.07) is 14.9. The Morgan fingerprint density at radius 2 is 1.74 bits per heavy atom. The molecular weight excluding hydrogens is 422 g/mol. The first-order valence-corrected chi connectivity index (χ1v) is 11.9. The predicted octanol–water partition coefficient (Wildman–Crippen LogP) is 5.94. The molecule has 0 bridgehead atoms. The molecule has 0 spiro atoms. The standard InChI is InChI=1S/C28H37N5O/c1-20-8-9-21(27(2,3)4)16-24(20)30-25-17-29-18-26(31-25)32-14-15-33(28(5,6)19-32)22-10-12-23(34-7)13-11-22/h8-13,16-18H,14-15,19H2,1-7H3,(H,30,31). The van der Waals surface area contributed by atoms with Gasteiger partial charge in [0, 0.05) is 31.0 Å². The van der Waals surface area contributed by atoms with Crippen molar-refractivity contribution in [2.24, 2.45) is 0 Å². The molecule has 3 aromatic rings. The van der Waals surface area contributed by atoms with Crippen LogP contribution >= 0.6 is 0 Å². The SMILES string of the molecule is COc1ccc(N2CCN(c3cncc(Nc4cc(C(C)(C)C)ccc4C)n3)CC2(C)C)cc1. The third-order valence-corrected chi connectivity index (χ3v) is 6.60. The van der Waals surface area contributed by atoms with Gasteiger partial charge in [-0.2, -0.15) is 0 Å². The number of benzene rings is 2. The molecule has 0 saturated carbocycles. The molecule has 2 heterocycles. The molecule has 180 valence electrons. The van der Waals surface area contributed by atoms with Gasteiger partial charge in [-0.1, -0.05) is 32.9 Å². The molecule has 1 N–H and O–H groups in total. The van der Waals surface area contributed by atoms with Crippen molar-refractivity contribution in [2.45, 2.75) is 52.5 Å². The third-order valence-electron chi connectivity index (χ3n) is 6.60. The van der Waals surface area contributed by atoms with Crippen LogP contribution < -0.4 is 19.9 Å². The molecule has 1 aromatic heterocycles. The van der Waals surface area contributed by atoms with E-state index in [1.54, 1.807) is 13.3 Å². The fourth-order valence-corrected chi connectivity index (χ4v) is 4.52. The lowest BCUT2D eigenvalue weighted by atomic mass is 9.86. The summed E-state index contributed by atoms with van der Waals surface area (Å²) in [4.78, 5) is 14.2. The van der Waals surface area contributed by atoms with Crippen molar-refractivity contribution in [2.75, 3.05) is 41.9 Å². The number of aromatic nitrogens is 2. The van der Waals surface area contributed by atoms with Gasteiger partial charge in [0.1, 0.15) is 11.6 Å². The highest BCUT2D eigenvalue weighted by Gasteiger charge is 2.34. The van der Waals surface area contributed by atoms with E-state index in [9.17, 15) is 0 Å². The number of aryl methyl sites for hydroxylation is 1. The molecule has 1 aliphatic heterocycles. The molecule has 0 radical (unpaired) electrons. The van der Waals surface area contributed by atoms with Crippen molar-refractivity contribution in [1.29, 1.82) is 0 Å². The number of piperazine rings is 1. The van der Waals surface area contributed by atoms with E-state index in [2.05, 4.69) is 92.0 Å². The fourth-order valence-electron chi connectivity index (χ4n) is 4.52. The topological polar surface area (TPSA) is 53.5 Å². The molecular formula is C28H37N5O. The van der Waals surface area contributed by atoms with Crippen molar-refractivity contribution in [3.05, 3.63) is 66.0 Å². The number of hydrogen-bond donors (Lipinski definition) is 1. The molecule has 34 heavy (non-hydrogen) atoms. The minimum atomic E-state index is -0.0599. The first kappa shape index (κ1) is 23.9. The molecule has 6 nitrogen and oxygen atoms in total. The maximum Gasteiger partial charge on any atom is 0.151 e. The van der Waals surface area contributed by atoms with E-state index >= 15 is 0 Å². The van der Waals surface area contributed by atoms with Crippen LogP contribution in [-0.4, -0.2) is 42.3 Å². The third kappa shape index (κ3) is 5.11. The maximum absolute atomic E-state index is 5.32. The number of methoxy groups -OCH3 is 1. The number of nitrogens with zero attached hydrogens (tertiary/aromatic N) is 4. The Hall–Kier alpha value is -3.28. The minimum Gasteiger partial charge on any atom is -0.497 e. The van der Waals surface area contributed by atoms with Gasteiger partial charge in [0.15, 0.2) is 5.82 Å². The lowest BCUT2D eigenvalue weighted by Gasteiger charge is -2.48. The van der Waals surface area contributed by atoms with E-state index in [1.165, 1.54) is 16.8 Å². The Labute approximate surface area is 204 Å². The minimum absolute atomic E-state index is 0.0599. The highest BCUT2D eigenvalue weighted by Crippen LogP contribution is 2.32. The Balaban J connectivity index is 1.51. The van der Waals surface area contributed by atoms with Crippen molar-refractivity contribution in [3.8, 4) is 5.75 Å². The normalized spacial score (nSPS) is 15.9. The van der Waals surface area contributed by atoms with Crippen LogP contribution in [0.2, 0.25) is 0 Å². The Morgan fingerprint density at radius 1 is 1.00 bits per heavy atom. The fraction of sp³-hybridized carbons (Fsp3) is 0.429. The molecule has 0 atom stereocenters. The molecule has 0 amide bonds. The van der Waals surface area contributed by atoms with Crippen molar-refractivity contribution < 1.29 is 4.74 Å². The first-order chi connectivity index (χ1) is 16.1. The summed E-state index contributed by atoms with van der Waals surface area (Å²) in [5.74, 6) is 2.54. The van der Waals surface area contributed by atoms with Gasteiger partial charge in [-0.25, -0.2) is 4.98 Å². The second-order valence-electron chi connectivity index (χ2n) is 10.8. The summed E-state index contributed by atoms with van der Waals surface area (Å²) in [5.41, 5.74) is 4.79. The van der Waals surface area contributed by atoms with E-state index in [4.69, 9.17) is 9.72 Å². The second-order valence-corrected chi connectivity index (χ2v) is 10.8. The second kappa shape index (κ2) is 9.16. The number of anilines is 4. The van der Waals surface area contributed by atoms with Crippen molar-refractivity contribution in [1.82, 2.24) is 9.97 Å². The van der Waals surface area contributed by atoms with Gasteiger partial charge < -0.3 is 19.9 Å². The Morgan fingerprint density at radius 3 is 2.38 bits per heavy atom. The summed E-state index contributed by atoms with van der Waals surface area (Å²) in [7, 11) is 1.70. The predicted molar refractivity (Wildman–Crippen MR) is 142 cm³/mol. The molecule has 0 aliphatic carbocycles. The van der Waals surface area contributed by atoms with E-state index in [-0.39, 0.29) is 11.0 Å². The Bertz CT molecular complexity index is 1130. The molecule has 4 rings (SSSR count). The van der Waals surface area contributed by atoms with E-state index in [0.29, 0.717) is 0 Å². The van der Waals surface area contributed by atoms with Crippen molar-refractivity contribution in [3.63, 3.8) is 0 Å². The van der Waals surface area contributed by atoms with Gasteiger partial charge in [0.05, 0.1) is 25.0 Å². The smallest absolute Gasteiger partial charge is 0.151 e. The van der Waals surface area contributed by atoms with Gasteiger partial charge in [-0.15, -0.1) is 0 Å². The lowest BCUT2D eigenvalue weighted by molar-refractivity contribution is 0.409. The van der Waals surface area contributed by atoms with E-state index in [1.807, 2.05) is 18.3 Å². The summed E-state index contributed by atoms with van der Waals surface area (Å²) < 4.78 is 5.32. The number of ether oxygens (including phenoxy) is 1. The van der Waals surface area contributed by atoms with Crippen LogP contribution in [-0.2, 0) is 5.41 Å². The molecule has 1 fully saturated rings. The zero-order valence-electron chi connectivity index (χ0n) is 21.5. The van der Waals surface area contributed by atoms with E-state index in [0.717, 1.165) is 42.7 Å². The monoisotopic (exact) mass is 459 g/mol. The molecule has 6 heteroatoms. The van der Waals surface area contributed by atoms with Crippen LogP contribution in [0.4, 0.5) is 23.0 Å². The van der Waals surface area contributed by atoms with Gasteiger partial charge in [-0.3, -0.25) is 4.98 Å². The average molecular weight is 460 g/mol. The zero-order chi connectivity index (χ0) is 24.5. The molecule has 1 aliphatic rings. The number of hydrogen-bond acceptors (Lipinski definition) is 6. The number of rotatable bonds is 5. The molecule has 0 unspecified atom stereocenters. The van der Waals surface area contributed by atoms with Crippen LogP contribution in [0.15, 0.2) is 54.9 Å². The van der Waals surface area contributed by atoms with E-state index < -0.39 is 0 Å². The largest absolute Gasteiger partial charge is 0.497 e. The first-order valence-electron chi connectivity index (χ1n) is 11.9. The van der Waals surface area contributed by atoms with Crippen molar-refractivity contribution >= 4 is 23.0 Å². The highest BCUT2D eigenvalue weighted by molar-refractivity contribution is 5.63. The summed E-state index contributed by atoms with van der Waals surface area (Å²) >= 11 is 0. The van der Waals surface area contributed by atoms with Gasteiger partial charge in [0.2, 0.25) is 0 Å². The lowest BCUT2D eigenvalue weighted by Crippen LogP contribution is -2.60. The zero-order valence-corrected chi connectivity index (χ0v) is 21.5. The van der Waals surface area contributed by atoms with Crippen LogP contribution in [0.1, 0.15) is 45.7 Å². The van der Waals surface area contributed by atoms with Crippen LogP contribution in [0.5, 0.6) is 5.75 Å². The van der Waals surface area contributed by atoms with Crippen LogP contribution in [0.3, 0.4) is 0 Å². The Kier molecular flexibility index (Phi) is 6.43. The average Bonchev–Trinajstić information content (AvgIpc) is 2.79. The summed E-state index contributed by atoms with van der Waals surface area (Å²) in [6.07, 6.45) is 3.66. The highest BCUT2D eigenvalue weighted by atomic mass is 16.5.